The van der Waals surface area contributed by atoms with E-state index in [0.29, 0.717) is 43.7 Å². The fourth-order valence-corrected chi connectivity index (χ4v) is 5.25. The van der Waals surface area contributed by atoms with Crippen molar-refractivity contribution in [2.24, 2.45) is 5.92 Å². The first-order valence-corrected chi connectivity index (χ1v) is 11.2. The van der Waals surface area contributed by atoms with Crippen LogP contribution in [-0.4, -0.2) is 53.0 Å². The van der Waals surface area contributed by atoms with Crippen molar-refractivity contribution >= 4 is 28.1 Å². The van der Waals surface area contributed by atoms with Gasteiger partial charge in [-0.2, -0.15) is 9.40 Å². The van der Waals surface area contributed by atoms with Gasteiger partial charge in [0.05, 0.1) is 10.8 Å². The summed E-state index contributed by atoms with van der Waals surface area (Å²) in [7, 11) is -3.57. The minimum atomic E-state index is -3.57. The van der Waals surface area contributed by atoms with Crippen molar-refractivity contribution < 1.29 is 13.2 Å². The van der Waals surface area contributed by atoms with Gasteiger partial charge < -0.3 is 9.88 Å². The van der Waals surface area contributed by atoms with Gasteiger partial charge in [-0.1, -0.05) is 18.2 Å². The molecule has 10 heteroatoms. The fourth-order valence-electron chi connectivity index (χ4n) is 3.43. The molecule has 0 aliphatic carbocycles. The lowest BCUT2D eigenvalue weighted by Gasteiger charge is -2.31. The van der Waals surface area contributed by atoms with Crippen LogP contribution in [0.25, 0.3) is 0 Å². The third-order valence-corrected chi connectivity index (χ3v) is 7.13. The molecular weight excluding hydrogens is 398 g/mol. The Labute approximate surface area is 170 Å². The summed E-state index contributed by atoms with van der Waals surface area (Å²) in [6, 6.07) is 8.35. The van der Waals surface area contributed by atoms with Gasteiger partial charge in [0.2, 0.25) is 15.9 Å². The Morgan fingerprint density at radius 1 is 1.36 bits per heavy atom. The van der Waals surface area contributed by atoms with Crippen molar-refractivity contribution in [3.8, 4) is 0 Å². The number of amides is 1. The second-order valence-electron chi connectivity index (χ2n) is 6.75. The maximum atomic E-state index is 12.8. The fraction of sp³-hybridized carbons (Fsp3) is 0.500. The van der Waals surface area contributed by atoms with Gasteiger partial charge in [-0.15, -0.1) is 0 Å². The van der Waals surface area contributed by atoms with Crippen LogP contribution in [0.2, 0.25) is 0 Å². The third kappa shape index (κ3) is 4.50. The molecule has 2 aromatic rings. The Bertz CT molecular complexity index is 969. The minimum absolute atomic E-state index is 0.120. The summed E-state index contributed by atoms with van der Waals surface area (Å²) in [4.78, 5) is 12.8. The van der Waals surface area contributed by atoms with E-state index in [4.69, 9.17) is 12.2 Å². The predicted octanol–water partition coefficient (Wildman–Crippen LogP) is 1.72. The summed E-state index contributed by atoms with van der Waals surface area (Å²) in [6.45, 7) is 3.77. The normalized spacial score (nSPS) is 18.1. The molecule has 0 saturated carbocycles. The van der Waals surface area contributed by atoms with Crippen LogP contribution in [-0.2, 0) is 27.8 Å². The van der Waals surface area contributed by atoms with E-state index >= 15 is 0 Å². The maximum Gasteiger partial charge on any atom is 0.243 e. The Hall–Kier alpha value is -2.04. The molecule has 1 aliphatic heterocycles. The largest absolute Gasteiger partial charge is 0.355 e. The molecule has 1 aromatic carbocycles. The van der Waals surface area contributed by atoms with Crippen molar-refractivity contribution in [1.29, 1.82) is 0 Å². The van der Waals surface area contributed by atoms with Gasteiger partial charge in [-0.25, -0.2) is 8.42 Å². The number of aromatic nitrogens is 3. The molecule has 1 atom stereocenters. The summed E-state index contributed by atoms with van der Waals surface area (Å²) in [6.07, 6.45) is 1.91. The first-order chi connectivity index (χ1) is 13.4. The number of H-pyrrole nitrogens is 1. The number of benzene rings is 1. The van der Waals surface area contributed by atoms with E-state index in [1.54, 1.807) is 30.3 Å². The van der Waals surface area contributed by atoms with Crippen LogP contribution in [0.1, 0.15) is 25.6 Å². The zero-order valence-corrected chi connectivity index (χ0v) is 17.4. The summed E-state index contributed by atoms with van der Waals surface area (Å²) < 4.78 is 29.5. The number of piperidine rings is 1. The highest BCUT2D eigenvalue weighted by molar-refractivity contribution is 7.89. The average molecular weight is 424 g/mol. The van der Waals surface area contributed by atoms with Crippen LogP contribution in [0.5, 0.6) is 0 Å². The highest BCUT2D eigenvalue weighted by Crippen LogP contribution is 2.23. The minimum Gasteiger partial charge on any atom is -0.355 e. The van der Waals surface area contributed by atoms with Gasteiger partial charge in [-0.05, 0) is 44.1 Å². The smallest absolute Gasteiger partial charge is 0.243 e. The zero-order chi connectivity index (χ0) is 20.1. The number of nitrogens with zero attached hydrogens (tertiary/aromatic N) is 3. The van der Waals surface area contributed by atoms with E-state index in [2.05, 4.69) is 15.5 Å². The molecular formula is C18H25N5O3S2. The molecule has 0 spiro atoms. The van der Waals surface area contributed by atoms with Crippen LogP contribution in [0.15, 0.2) is 35.2 Å². The second kappa shape index (κ2) is 8.97. The number of sulfonamides is 1. The van der Waals surface area contributed by atoms with Crippen LogP contribution >= 0.6 is 12.2 Å². The zero-order valence-electron chi connectivity index (χ0n) is 15.8. The Balaban J connectivity index is 1.58. The molecule has 0 radical (unpaired) electrons. The molecule has 3 rings (SSSR count). The number of aromatic amines is 1. The van der Waals surface area contributed by atoms with Gasteiger partial charge in [0.15, 0.2) is 4.77 Å². The first-order valence-electron chi connectivity index (χ1n) is 9.40. The van der Waals surface area contributed by atoms with Gasteiger partial charge in [0, 0.05) is 32.6 Å². The molecule has 2 N–H and O–H groups in total. The number of carbonyl (C=O) groups excluding carboxylic acids is 1. The Morgan fingerprint density at radius 2 is 2.11 bits per heavy atom. The average Bonchev–Trinajstić information content (AvgIpc) is 3.08. The quantitative estimate of drug-likeness (QED) is 0.661. The SMILES string of the molecule is CCn1c(CCNC(=O)C2CCCN(S(=O)(=O)c3ccccc3)C2)n[nH]c1=S. The van der Waals surface area contributed by atoms with E-state index in [-0.39, 0.29) is 23.3 Å². The lowest BCUT2D eigenvalue weighted by molar-refractivity contribution is -0.126. The number of rotatable bonds is 7. The highest BCUT2D eigenvalue weighted by Gasteiger charge is 2.33. The van der Waals surface area contributed by atoms with Crippen LogP contribution < -0.4 is 5.32 Å². The van der Waals surface area contributed by atoms with Gasteiger partial charge in [0.25, 0.3) is 0 Å². The summed E-state index contributed by atoms with van der Waals surface area (Å²) in [5, 5.41) is 9.85. The predicted molar refractivity (Wildman–Crippen MR) is 108 cm³/mol. The third-order valence-electron chi connectivity index (χ3n) is 4.94. The molecule has 1 amide bonds. The van der Waals surface area contributed by atoms with E-state index in [0.717, 1.165) is 5.82 Å². The molecule has 8 nitrogen and oxygen atoms in total. The maximum absolute atomic E-state index is 12.8. The number of hydrogen-bond acceptors (Lipinski definition) is 5. The molecule has 1 fully saturated rings. The molecule has 1 saturated heterocycles. The molecule has 1 unspecified atom stereocenters. The van der Waals surface area contributed by atoms with Gasteiger partial charge in [0.1, 0.15) is 5.82 Å². The van der Waals surface area contributed by atoms with Gasteiger partial charge >= 0.3 is 0 Å². The molecule has 28 heavy (non-hydrogen) atoms. The van der Waals surface area contributed by atoms with E-state index < -0.39 is 10.0 Å². The molecule has 1 aliphatic rings. The molecule has 2 heterocycles. The summed E-state index contributed by atoms with van der Waals surface area (Å²) in [5.41, 5.74) is 0. The lowest BCUT2D eigenvalue weighted by atomic mass is 9.99. The Kier molecular flexibility index (Phi) is 6.63. The standard InChI is InChI=1S/C18H25N5O3S2/c1-2-23-16(20-21-18(23)27)10-11-19-17(24)14-7-6-12-22(13-14)28(25,26)15-8-4-3-5-9-15/h3-5,8-9,14H,2,6-7,10-13H2,1H3,(H,19,24)(H,21,27). The van der Waals surface area contributed by atoms with Crippen molar-refractivity contribution in [2.45, 2.75) is 37.6 Å². The van der Waals surface area contributed by atoms with Crippen LogP contribution in [0, 0.1) is 10.7 Å². The lowest BCUT2D eigenvalue weighted by Crippen LogP contribution is -2.45. The van der Waals surface area contributed by atoms with Crippen LogP contribution in [0.3, 0.4) is 0 Å². The van der Waals surface area contributed by atoms with Crippen molar-refractivity contribution in [1.82, 2.24) is 24.4 Å². The van der Waals surface area contributed by atoms with E-state index in [9.17, 15) is 13.2 Å². The second-order valence-corrected chi connectivity index (χ2v) is 9.07. The molecule has 152 valence electrons. The van der Waals surface area contributed by atoms with Crippen molar-refractivity contribution in [2.75, 3.05) is 19.6 Å². The number of nitrogens with one attached hydrogen (secondary N) is 2. The Morgan fingerprint density at radius 3 is 2.82 bits per heavy atom. The monoisotopic (exact) mass is 423 g/mol. The van der Waals surface area contributed by atoms with E-state index in [1.165, 1.54) is 4.31 Å². The van der Waals surface area contributed by atoms with Crippen molar-refractivity contribution in [3.63, 3.8) is 0 Å². The van der Waals surface area contributed by atoms with Crippen molar-refractivity contribution in [3.05, 3.63) is 40.9 Å². The number of carbonyl (C=O) groups is 1. The first kappa shape index (κ1) is 20.7. The summed E-state index contributed by atoms with van der Waals surface area (Å²) in [5.74, 6) is 0.328. The molecule has 0 bridgehead atoms. The molecule has 1 aromatic heterocycles. The number of hydrogen-bond donors (Lipinski definition) is 2. The van der Waals surface area contributed by atoms with Gasteiger partial charge in [-0.3, -0.25) is 9.89 Å². The van der Waals surface area contributed by atoms with Crippen LogP contribution in [0.4, 0.5) is 0 Å². The topological polar surface area (TPSA) is 100 Å². The summed E-state index contributed by atoms with van der Waals surface area (Å²) >= 11 is 5.16. The van der Waals surface area contributed by atoms with E-state index in [1.807, 2.05) is 11.5 Å². The highest BCUT2D eigenvalue weighted by atomic mass is 32.2.